The number of ether oxygens (including phenoxy) is 2. The second kappa shape index (κ2) is 11.3. The van der Waals surface area contributed by atoms with Crippen LogP contribution in [-0.4, -0.2) is 44.9 Å². The van der Waals surface area contributed by atoms with Crippen LogP contribution in [0.1, 0.15) is 25.3 Å². The van der Waals surface area contributed by atoms with Crippen molar-refractivity contribution in [3.05, 3.63) is 29.8 Å². The van der Waals surface area contributed by atoms with Gasteiger partial charge in [0.2, 0.25) is 5.91 Å². The zero-order valence-corrected chi connectivity index (χ0v) is 14.5. The van der Waals surface area contributed by atoms with Gasteiger partial charge in [0.25, 0.3) is 0 Å². The molecule has 1 aromatic carbocycles. The molecule has 1 aromatic rings. The number of nitrogens with one attached hydrogen (secondary N) is 2. The maximum absolute atomic E-state index is 11.9. The van der Waals surface area contributed by atoms with Crippen molar-refractivity contribution in [3.63, 3.8) is 0 Å². The molecule has 2 rings (SSSR count). The van der Waals surface area contributed by atoms with Crippen molar-refractivity contribution in [2.24, 2.45) is 0 Å². The Hall–Kier alpha value is -1.30. The minimum atomic E-state index is -0.219. The fourth-order valence-electron chi connectivity index (χ4n) is 2.27. The summed E-state index contributed by atoms with van der Waals surface area (Å²) in [6, 6.07) is 7.86. The SMILES string of the molecule is CCCCOc1ccc(CCNC(=O)C2COCCN2)cc1.Cl. The molecule has 0 radical (unpaired) electrons. The van der Waals surface area contributed by atoms with E-state index in [9.17, 15) is 4.79 Å². The van der Waals surface area contributed by atoms with Crippen molar-refractivity contribution in [1.29, 1.82) is 0 Å². The van der Waals surface area contributed by atoms with Gasteiger partial charge in [-0.1, -0.05) is 25.5 Å². The Morgan fingerprint density at radius 3 is 2.83 bits per heavy atom. The van der Waals surface area contributed by atoms with Crippen LogP contribution in [0.4, 0.5) is 0 Å². The van der Waals surface area contributed by atoms with E-state index in [0.717, 1.165) is 38.2 Å². The third kappa shape index (κ3) is 7.20. The Balaban J connectivity index is 0.00000264. The standard InChI is InChI=1S/C17H26N2O3.ClH/c1-2-3-11-22-15-6-4-14(5-7-15)8-9-19-17(20)16-13-21-12-10-18-16;/h4-7,16,18H,2-3,8-13H2,1H3,(H,19,20);1H. The first-order valence-corrected chi connectivity index (χ1v) is 8.10. The van der Waals surface area contributed by atoms with Crippen LogP contribution >= 0.6 is 12.4 Å². The number of amides is 1. The first-order chi connectivity index (χ1) is 10.8. The Morgan fingerprint density at radius 1 is 1.39 bits per heavy atom. The molecule has 5 nitrogen and oxygen atoms in total. The van der Waals surface area contributed by atoms with Gasteiger partial charge in [-0.2, -0.15) is 0 Å². The third-order valence-corrected chi connectivity index (χ3v) is 3.64. The van der Waals surface area contributed by atoms with Crippen molar-refractivity contribution in [3.8, 4) is 5.75 Å². The van der Waals surface area contributed by atoms with Crippen LogP contribution in [0, 0.1) is 0 Å². The highest BCUT2D eigenvalue weighted by Crippen LogP contribution is 2.13. The normalized spacial score (nSPS) is 17.2. The maximum atomic E-state index is 11.9. The number of rotatable bonds is 8. The predicted molar refractivity (Wildman–Crippen MR) is 93.4 cm³/mol. The van der Waals surface area contributed by atoms with E-state index >= 15 is 0 Å². The lowest BCUT2D eigenvalue weighted by Gasteiger charge is -2.22. The highest BCUT2D eigenvalue weighted by molar-refractivity contribution is 5.85. The van der Waals surface area contributed by atoms with Crippen LogP contribution in [-0.2, 0) is 16.0 Å². The molecule has 1 heterocycles. The molecule has 0 bridgehead atoms. The van der Waals surface area contributed by atoms with E-state index in [0.29, 0.717) is 19.8 Å². The van der Waals surface area contributed by atoms with Gasteiger partial charge in [-0.05, 0) is 30.5 Å². The fraction of sp³-hybridized carbons (Fsp3) is 0.588. The summed E-state index contributed by atoms with van der Waals surface area (Å²) in [5.41, 5.74) is 1.19. The van der Waals surface area contributed by atoms with Gasteiger partial charge < -0.3 is 20.1 Å². The van der Waals surface area contributed by atoms with Crippen LogP contribution in [0.2, 0.25) is 0 Å². The van der Waals surface area contributed by atoms with Crippen LogP contribution in [0.25, 0.3) is 0 Å². The smallest absolute Gasteiger partial charge is 0.239 e. The van der Waals surface area contributed by atoms with Gasteiger partial charge in [0.1, 0.15) is 11.8 Å². The number of benzene rings is 1. The highest BCUT2D eigenvalue weighted by Gasteiger charge is 2.20. The van der Waals surface area contributed by atoms with E-state index in [1.165, 1.54) is 5.56 Å². The van der Waals surface area contributed by atoms with Crippen LogP contribution < -0.4 is 15.4 Å². The molecule has 1 unspecified atom stereocenters. The molecule has 2 N–H and O–H groups in total. The van der Waals surface area contributed by atoms with E-state index in [1.54, 1.807) is 0 Å². The molecule has 0 saturated carbocycles. The average molecular weight is 343 g/mol. The summed E-state index contributed by atoms with van der Waals surface area (Å²) >= 11 is 0. The number of halogens is 1. The second-order valence-electron chi connectivity index (χ2n) is 5.47. The summed E-state index contributed by atoms with van der Waals surface area (Å²) in [6.07, 6.45) is 3.03. The average Bonchev–Trinajstić information content (AvgIpc) is 2.57. The summed E-state index contributed by atoms with van der Waals surface area (Å²) < 4.78 is 10.9. The van der Waals surface area contributed by atoms with Gasteiger partial charge in [0.05, 0.1) is 19.8 Å². The first kappa shape index (κ1) is 19.7. The summed E-state index contributed by atoms with van der Waals surface area (Å²) in [4.78, 5) is 11.9. The monoisotopic (exact) mass is 342 g/mol. The number of carbonyl (C=O) groups excluding carboxylic acids is 1. The van der Waals surface area contributed by atoms with Crippen molar-refractivity contribution < 1.29 is 14.3 Å². The first-order valence-electron chi connectivity index (χ1n) is 8.10. The third-order valence-electron chi connectivity index (χ3n) is 3.64. The number of carbonyl (C=O) groups is 1. The minimum absolute atomic E-state index is 0. The van der Waals surface area contributed by atoms with Crippen LogP contribution in [0.15, 0.2) is 24.3 Å². The van der Waals surface area contributed by atoms with E-state index < -0.39 is 0 Å². The Bertz CT molecular complexity index is 448. The molecule has 0 aromatic heterocycles. The second-order valence-corrected chi connectivity index (χ2v) is 5.47. The van der Waals surface area contributed by atoms with Gasteiger partial charge >= 0.3 is 0 Å². The summed E-state index contributed by atoms with van der Waals surface area (Å²) in [6.45, 7) is 5.41. The van der Waals surface area contributed by atoms with Crippen LogP contribution in [0.3, 0.4) is 0 Å². The summed E-state index contributed by atoms with van der Waals surface area (Å²) in [5.74, 6) is 0.920. The molecule has 1 atom stereocenters. The number of hydrogen-bond acceptors (Lipinski definition) is 4. The fourth-order valence-corrected chi connectivity index (χ4v) is 2.27. The Kier molecular flexibility index (Phi) is 9.67. The van der Waals surface area contributed by atoms with Gasteiger partial charge in [-0.25, -0.2) is 0 Å². The lowest BCUT2D eigenvalue weighted by atomic mass is 10.1. The van der Waals surface area contributed by atoms with Gasteiger partial charge in [0, 0.05) is 13.1 Å². The summed E-state index contributed by atoms with van der Waals surface area (Å²) in [5, 5.41) is 6.09. The molecule has 1 fully saturated rings. The van der Waals surface area contributed by atoms with E-state index in [2.05, 4.69) is 29.7 Å². The maximum Gasteiger partial charge on any atom is 0.239 e. The minimum Gasteiger partial charge on any atom is -0.494 e. The molecule has 130 valence electrons. The van der Waals surface area contributed by atoms with Gasteiger partial charge in [0.15, 0.2) is 0 Å². The van der Waals surface area contributed by atoms with Crippen molar-refractivity contribution in [2.75, 3.05) is 32.9 Å². The van der Waals surface area contributed by atoms with Gasteiger partial charge in [-0.15, -0.1) is 12.4 Å². The molecule has 0 aliphatic carbocycles. The lowest BCUT2D eigenvalue weighted by Crippen LogP contribution is -2.51. The molecule has 1 aliphatic rings. The number of morpholine rings is 1. The molecule has 23 heavy (non-hydrogen) atoms. The molecule has 1 aliphatic heterocycles. The summed E-state index contributed by atoms with van der Waals surface area (Å²) in [7, 11) is 0. The zero-order chi connectivity index (χ0) is 15.6. The predicted octanol–water partition coefficient (Wildman–Crippen LogP) is 1.93. The Morgan fingerprint density at radius 2 is 2.17 bits per heavy atom. The lowest BCUT2D eigenvalue weighted by molar-refractivity contribution is -0.125. The van der Waals surface area contributed by atoms with E-state index in [1.807, 2.05) is 12.1 Å². The molecule has 1 amide bonds. The largest absolute Gasteiger partial charge is 0.494 e. The quantitative estimate of drug-likeness (QED) is 0.709. The molecular weight excluding hydrogens is 316 g/mol. The van der Waals surface area contributed by atoms with Gasteiger partial charge in [-0.3, -0.25) is 4.79 Å². The van der Waals surface area contributed by atoms with Crippen molar-refractivity contribution in [2.45, 2.75) is 32.2 Å². The molecule has 0 spiro atoms. The number of hydrogen-bond donors (Lipinski definition) is 2. The number of unbranched alkanes of at least 4 members (excludes halogenated alkanes) is 1. The zero-order valence-electron chi connectivity index (χ0n) is 13.7. The van der Waals surface area contributed by atoms with E-state index in [4.69, 9.17) is 9.47 Å². The van der Waals surface area contributed by atoms with Crippen molar-refractivity contribution in [1.82, 2.24) is 10.6 Å². The van der Waals surface area contributed by atoms with Crippen LogP contribution in [0.5, 0.6) is 5.75 Å². The van der Waals surface area contributed by atoms with Crippen molar-refractivity contribution >= 4 is 18.3 Å². The Labute approximate surface area is 144 Å². The topological polar surface area (TPSA) is 59.6 Å². The molecule has 6 heteroatoms. The highest BCUT2D eigenvalue weighted by atomic mass is 35.5. The van der Waals surface area contributed by atoms with E-state index in [-0.39, 0.29) is 24.4 Å². The molecule has 1 saturated heterocycles. The molecular formula is C17H27ClN2O3.